The van der Waals surface area contributed by atoms with E-state index in [0.29, 0.717) is 37.9 Å². The normalized spacial score (nSPS) is 12.5. The second-order valence-corrected chi connectivity index (χ2v) is 19.3. The SMILES string of the molecule is CC(=N)C(CCCCNC(=O)CCC(NC(=O)CCC(NC(=O)COCCOCCNC(=O)COCCOCCNC(=O)CCC(NC(=O)CCCCCCCCCCCCCCCCC(=O)O)C(=O)O)C(=O)O)C(=O)O)NS. The van der Waals surface area contributed by atoms with E-state index in [1.807, 2.05) is 0 Å². The van der Waals surface area contributed by atoms with E-state index in [1.54, 1.807) is 6.92 Å². The van der Waals surface area contributed by atoms with Crippen LogP contribution in [0.15, 0.2) is 0 Å². The van der Waals surface area contributed by atoms with E-state index >= 15 is 0 Å². The number of nitrogens with one attached hydrogen (secondary N) is 8. The van der Waals surface area contributed by atoms with Gasteiger partial charge in [0.05, 0.1) is 45.7 Å². The third kappa shape index (κ3) is 46.0. The van der Waals surface area contributed by atoms with Gasteiger partial charge in [0.1, 0.15) is 31.3 Å². The molecule has 79 heavy (non-hydrogen) atoms. The molecule has 0 aromatic rings. The molecule has 454 valence electrons. The van der Waals surface area contributed by atoms with Crippen LogP contribution in [0, 0.1) is 5.41 Å². The minimum absolute atomic E-state index is 0.0408. The van der Waals surface area contributed by atoms with E-state index in [2.05, 4.69) is 49.4 Å². The lowest BCUT2D eigenvalue weighted by Gasteiger charge is -2.17. The van der Waals surface area contributed by atoms with Crippen molar-refractivity contribution in [3.8, 4) is 0 Å². The molecule has 0 bridgehead atoms. The first kappa shape index (κ1) is 73.5. The molecule has 12 N–H and O–H groups in total. The standard InChI is InChI=1S/C52H92N8O18S/c1-38(53)39(60-79)18-16-17-27-54-43(61)24-21-41(51(71)72)58-46(64)26-23-42(52(73)74)59-48(66)37-78-35-33-76-31-29-56-47(65)36-77-34-32-75-30-28-55-44(62)25-22-40(50(69)70)57-45(63)19-14-12-10-8-6-4-2-3-5-7-9-11-13-15-20-49(67)68/h39-42,53,60,79H,2-37H2,1H3,(H,54,61)(H,55,62)(H,56,65)(H,57,63)(H,58,64)(H,59,66)(H,67,68)(H,69,70)(H,71,72)(H,73,74). The van der Waals surface area contributed by atoms with Crippen LogP contribution in [0.4, 0.5) is 0 Å². The van der Waals surface area contributed by atoms with Crippen LogP contribution in [-0.2, 0) is 66.9 Å². The number of rotatable bonds is 55. The molecular weight excluding hydrogens is 1060 g/mol. The van der Waals surface area contributed by atoms with Crippen LogP contribution >= 0.6 is 12.8 Å². The molecular formula is C52H92N8O18S. The van der Waals surface area contributed by atoms with E-state index in [0.717, 1.165) is 51.4 Å². The highest BCUT2D eigenvalue weighted by molar-refractivity contribution is 7.78. The zero-order chi connectivity index (χ0) is 58.9. The number of unbranched alkanes of at least 4 members (excludes halogenated alkanes) is 14. The Balaban J connectivity index is 3.97. The molecule has 4 unspecified atom stereocenters. The molecule has 4 atom stereocenters. The fraction of sp³-hybridized carbons (Fsp3) is 0.788. The lowest BCUT2D eigenvalue weighted by molar-refractivity contribution is -0.144. The highest BCUT2D eigenvalue weighted by Crippen LogP contribution is 2.14. The number of carbonyl (C=O) groups excluding carboxylic acids is 6. The molecule has 0 aliphatic carbocycles. The predicted octanol–water partition coefficient (Wildman–Crippen LogP) is 2.79. The average Bonchev–Trinajstić information content (AvgIpc) is 3.39. The summed E-state index contributed by atoms with van der Waals surface area (Å²) >= 11 is 3.99. The Bertz CT molecular complexity index is 1800. The van der Waals surface area contributed by atoms with Crippen LogP contribution in [0.25, 0.3) is 0 Å². The summed E-state index contributed by atoms with van der Waals surface area (Å²) < 4.78 is 23.9. The topological polar surface area (TPSA) is 397 Å². The molecule has 0 spiro atoms. The van der Waals surface area contributed by atoms with Crippen molar-refractivity contribution in [1.29, 1.82) is 5.41 Å². The number of hydrogen-bond donors (Lipinski definition) is 13. The number of ether oxygens (including phenoxy) is 4. The van der Waals surface area contributed by atoms with Gasteiger partial charge in [0, 0.05) is 57.5 Å². The maximum atomic E-state index is 12.5. The second-order valence-electron chi connectivity index (χ2n) is 19.1. The third-order valence-electron chi connectivity index (χ3n) is 12.2. The van der Waals surface area contributed by atoms with Crippen LogP contribution in [-0.4, -0.2) is 182 Å². The molecule has 0 radical (unpaired) electrons. The first-order chi connectivity index (χ1) is 37.9. The van der Waals surface area contributed by atoms with Gasteiger partial charge in [-0.2, -0.15) is 0 Å². The van der Waals surface area contributed by atoms with Gasteiger partial charge in [-0.15, -0.1) is 0 Å². The zero-order valence-electron chi connectivity index (χ0n) is 46.2. The van der Waals surface area contributed by atoms with Crippen LogP contribution < -0.4 is 36.6 Å². The van der Waals surface area contributed by atoms with E-state index < -0.39 is 84.6 Å². The molecule has 0 heterocycles. The summed E-state index contributed by atoms with van der Waals surface area (Å²) in [6.07, 6.45) is 15.9. The number of amides is 6. The number of hydrogen-bond acceptors (Lipinski definition) is 17. The summed E-state index contributed by atoms with van der Waals surface area (Å²) in [5.41, 5.74) is 0.440. The Labute approximate surface area is 469 Å². The van der Waals surface area contributed by atoms with Gasteiger partial charge in [0.25, 0.3) is 0 Å². The van der Waals surface area contributed by atoms with Gasteiger partial charge < -0.3 is 76.7 Å². The zero-order valence-corrected chi connectivity index (χ0v) is 47.1. The number of thiol groups is 1. The summed E-state index contributed by atoms with van der Waals surface area (Å²) in [6, 6.07) is -4.23. The first-order valence-electron chi connectivity index (χ1n) is 27.7. The summed E-state index contributed by atoms with van der Waals surface area (Å²) in [4.78, 5) is 119. The molecule has 27 heteroatoms. The maximum Gasteiger partial charge on any atom is 0.326 e. The van der Waals surface area contributed by atoms with Crippen molar-refractivity contribution in [3.05, 3.63) is 0 Å². The Morgan fingerprint density at radius 2 is 0.734 bits per heavy atom. The summed E-state index contributed by atoms with van der Waals surface area (Å²) in [7, 11) is 0. The smallest absolute Gasteiger partial charge is 0.326 e. The van der Waals surface area contributed by atoms with Crippen molar-refractivity contribution in [2.75, 3.05) is 72.5 Å². The molecule has 0 fully saturated rings. The molecule has 0 aromatic carbocycles. The van der Waals surface area contributed by atoms with Crippen molar-refractivity contribution in [2.24, 2.45) is 0 Å². The summed E-state index contributed by atoms with van der Waals surface area (Å²) in [5.74, 6) is -7.87. The third-order valence-corrected chi connectivity index (χ3v) is 12.5. The van der Waals surface area contributed by atoms with Crippen LogP contribution in [0.5, 0.6) is 0 Å². The number of carboxylic acid groups (broad SMARTS) is 4. The molecule has 0 saturated carbocycles. The van der Waals surface area contributed by atoms with Gasteiger partial charge in [0.15, 0.2) is 0 Å². The summed E-state index contributed by atoms with van der Waals surface area (Å²) in [6.45, 7) is 2.03. The van der Waals surface area contributed by atoms with E-state index in [4.69, 9.17) is 29.5 Å². The first-order valence-corrected chi connectivity index (χ1v) is 28.1. The lowest BCUT2D eigenvalue weighted by atomic mass is 10.0. The lowest BCUT2D eigenvalue weighted by Crippen LogP contribution is -2.45. The number of carbonyl (C=O) groups is 10. The monoisotopic (exact) mass is 1150 g/mol. The molecule has 6 amide bonds. The largest absolute Gasteiger partial charge is 0.481 e. The van der Waals surface area contributed by atoms with Gasteiger partial charge in [-0.3, -0.25) is 38.3 Å². The Hall–Kier alpha value is -5.48. The van der Waals surface area contributed by atoms with Gasteiger partial charge in [-0.05, 0) is 58.3 Å². The van der Waals surface area contributed by atoms with Crippen molar-refractivity contribution in [1.82, 2.24) is 36.6 Å². The van der Waals surface area contributed by atoms with Gasteiger partial charge >= 0.3 is 23.9 Å². The van der Waals surface area contributed by atoms with Crippen molar-refractivity contribution < 1.29 is 87.3 Å². The Morgan fingerprint density at radius 1 is 0.380 bits per heavy atom. The van der Waals surface area contributed by atoms with Crippen molar-refractivity contribution in [3.63, 3.8) is 0 Å². The maximum absolute atomic E-state index is 12.5. The Kier molecular flexibility index (Phi) is 46.1. The summed E-state index contributed by atoms with van der Waals surface area (Å²) in [5, 5.41) is 59.9. The van der Waals surface area contributed by atoms with E-state index in [1.165, 1.54) is 32.1 Å². The quantitative estimate of drug-likeness (QED) is 0.0236. The molecule has 26 nitrogen and oxygen atoms in total. The molecule has 0 aliphatic rings. The predicted molar refractivity (Wildman–Crippen MR) is 293 cm³/mol. The van der Waals surface area contributed by atoms with E-state index in [9.17, 15) is 63.3 Å². The van der Waals surface area contributed by atoms with Crippen LogP contribution in [0.1, 0.15) is 167 Å². The highest BCUT2D eigenvalue weighted by atomic mass is 32.1. The number of carboxylic acids is 4. The molecule has 0 aromatic heterocycles. The highest BCUT2D eigenvalue weighted by Gasteiger charge is 2.25. The molecule has 0 saturated heterocycles. The molecule has 0 rings (SSSR count). The Morgan fingerprint density at radius 3 is 1.15 bits per heavy atom. The fourth-order valence-corrected chi connectivity index (χ4v) is 7.98. The van der Waals surface area contributed by atoms with Crippen molar-refractivity contribution >= 4 is 77.8 Å². The van der Waals surface area contributed by atoms with Gasteiger partial charge in [0.2, 0.25) is 35.4 Å². The fourth-order valence-electron chi connectivity index (χ4n) is 7.65. The average molecular weight is 1150 g/mol. The molecule has 0 aliphatic heterocycles. The van der Waals surface area contributed by atoms with Crippen molar-refractivity contribution in [2.45, 2.75) is 192 Å². The second kappa shape index (κ2) is 49.6. The van der Waals surface area contributed by atoms with Crippen LogP contribution in [0.3, 0.4) is 0 Å². The van der Waals surface area contributed by atoms with E-state index in [-0.39, 0.29) is 116 Å². The van der Waals surface area contributed by atoms with Gasteiger partial charge in [-0.25, -0.2) is 14.4 Å². The number of aliphatic carboxylic acids is 4. The minimum atomic E-state index is -1.47. The van der Waals surface area contributed by atoms with Gasteiger partial charge in [-0.1, -0.05) is 89.9 Å². The minimum Gasteiger partial charge on any atom is -0.481 e. The van der Waals surface area contributed by atoms with Crippen LogP contribution in [0.2, 0.25) is 0 Å².